The van der Waals surface area contributed by atoms with Gasteiger partial charge >= 0.3 is 0 Å². The predicted molar refractivity (Wildman–Crippen MR) is 58.2 cm³/mol. The Labute approximate surface area is 82.4 Å². The molecule has 0 aliphatic rings. The molecule has 0 fully saturated rings. The van der Waals surface area contributed by atoms with Gasteiger partial charge in [-0.2, -0.15) is 0 Å². The van der Waals surface area contributed by atoms with E-state index in [0.29, 0.717) is 0 Å². The molecule has 0 amide bonds. The molecule has 0 radical (unpaired) electrons. The van der Waals surface area contributed by atoms with Gasteiger partial charge in [0.05, 0.1) is 0 Å². The maximum absolute atomic E-state index is 3.51. The largest absolute Gasteiger partial charge is 0.0758 e. The second-order valence-corrected chi connectivity index (χ2v) is 4.10. The lowest BCUT2D eigenvalue weighted by molar-refractivity contribution is 1.39. The molecular formula is C11H13Br. The first kappa shape index (κ1) is 9.53. The summed E-state index contributed by atoms with van der Waals surface area (Å²) in [6.07, 6.45) is 2.18. The Morgan fingerprint density at radius 3 is 2.58 bits per heavy atom. The Morgan fingerprint density at radius 1 is 1.33 bits per heavy atom. The Kier molecular flexibility index (Phi) is 3.10. The molecule has 0 bridgehead atoms. The summed E-state index contributed by atoms with van der Waals surface area (Å²) in [5.74, 6) is 0. The fourth-order valence-corrected chi connectivity index (χ4v) is 1.45. The zero-order valence-corrected chi connectivity index (χ0v) is 9.27. The number of hydrogen-bond acceptors (Lipinski definition) is 0. The van der Waals surface area contributed by atoms with E-state index >= 15 is 0 Å². The highest BCUT2D eigenvalue weighted by Crippen LogP contribution is 2.20. The Balaban J connectivity index is 3.14. The summed E-state index contributed by atoms with van der Waals surface area (Å²) in [5.41, 5.74) is 3.88. The van der Waals surface area contributed by atoms with Crippen molar-refractivity contribution in [3.63, 3.8) is 0 Å². The summed E-state index contributed by atoms with van der Waals surface area (Å²) in [4.78, 5) is 0. The molecule has 0 atom stereocenters. The molecule has 0 N–H and O–H groups in total. The van der Waals surface area contributed by atoms with E-state index in [4.69, 9.17) is 0 Å². The van der Waals surface area contributed by atoms with Gasteiger partial charge in [-0.1, -0.05) is 45.3 Å². The Hall–Kier alpha value is -0.560. The summed E-state index contributed by atoms with van der Waals surface area (Å²) in [6, 6.07) is 6.37. The minimum absolute atomic E-state index is 1.16. The number of halogens is 1. The van der Waals surface area contributed by atoms with Gasteiger partial charge in [0.15, 0.2) is 0 Å². The minimum Gasteiger partial charge on any atom is -0.0758 e. The standard InChI is InChI=1S/C11H13Br/c1-8(2)6-10-7-9(3)4-5-11(10)12/h4-7H,1-3H3. The number of hydrogen-bond donors (Lipinski definition) is 0. The molecule has 0 heterocycles. The van der Waals surface area contributed by atoms with Crippen LogP contribution < -0.4 is 0 Å². The van der Waals surface area contributed by atoms with Gasteiger partial charge in [-0.15, -0.1) is 0 Å². The van der Waals surface area contributed by atoms with Gasteiger partial charge in [-0.25, -0.2) is 0 Å². The summed E-state index contributed by atoms with van der Waals surface area (Å²) < 4.78 is 1.16. The first-order valence-electron chi connectivity index (χ1n) is 4.00. The first-order valence-corrected chi connectivity index (χ1v) is 4.80. The molecule has 1 rings (SSSR count). The molecule has 1 aromatic rings. The normalized spacial score (nSPS) is 9.67. The molecule has 0 aliphatic carbocycles. The second kappa shape index (κ2) is 3.90. The van der Waals surface area contributed by atoms with Crippen molar-refractivity contribution in [2.24, 2.45) is 0 Å². The summed E-state index contributed by atoms with van der Waals surface area (Å²) in [5, 5.41) is 0. The molecule has 1 heteroatoms. The van der Waals surface area contributed by atoms with Gasteiger partial charge < -0.3 is 0 Å². The number of rotatable bonds is 1. The second-order valence-electron chi connectivity index (χ2n) is 3.25. The SMILES string of the molecule is CC(C)=Cc1cc(C)ccc1Br. The van der Waals surface area contributed by atoms with Gasteiger partial charge in [0.2, 0.25) is 0 Å². The van der Waals surface area contributed by atoms with Crippen molar-refractivity contribution < 1.29 is 0 Å². The quantitative estimate of drug-likeness (QED) is 0.672. The summed E-state index contributed by atoms with van der Waals surface area (Å²) in [7, 11) is 0. The zero-order chi connectivity index (χ0) is 9.14. The van der Waals surface area contributed by atoms with Crippen LogP contribution in [0.5, 0.6) is 0 Å². The highest BCUT2D eigenvalue weighted by atomic mass is 79.9. The average Bonchev–Trinajstić information content (AvgIpc) is 1.96. The minimum atomic E-state index is 1.16. The Bertz CT molecular complexity index is 307. The third kappa shape index (κ3) is 2.49. The van der Waals surface area contributed by atoms with Crippen molar-refractivity contribution in [3.8, 4) is 0 Å². The topological polar surface area (TPSA) is 0 Å². The molecule has 1 aromatic carbocycles. The van der Waals surface area contributed by atoms with Crippen LogP contribution in [0.1, 0.15) is 25.0 Å². The fourth-order valence-electron chi connectivity index (χ4n) is 1.08. The highest BCUT2D eigenvalue weighted by Gasteiger charge is 1.95. The van der Waals surface area contributed by atoms with Crippen LogP contribution in [0.3, 0.4) is 0 Å². The highest BCUT2D eigenvalue weighted by molar-refractivity contribution is 9.10. The van der Waals surface area contributed by atoms with E-state index in [0.717, 1.165) is 4.47 Å². The molecule has 0 saturated carbocycles. The molecule has 0 nitrogen and oxygen atoms in total. The van der Waals surface area contributed by atoms with Crippen LogP contribution in [0.15, 0.2) is 28.2 Å². The lowest BCUT2D eigenvalue weighted by atomic mass is 10.1. The van der Waals surface area contributed by atoms with Crippen molar-refractivity contribution in [3.05, 3.63) is 39.4 Å². The van der Waals surface area contributed by atoms with Crippen molar-refractivity contribution in [2.75, 3.05) is 0 Å². The predicted octanol–water partition coefficient (Wildman–Crippen LogP) is 4.18. The number of aryl methyl sites for hydroxylation is 1. The molecule has 0 aliphatic heterocycles. The van der Waals surface area contributed by atoms with Crippen LogP contribution >= 0.6 is 15.9 Å². The number of allylic oxidation sites excluding steroid dienone is 1. The monoisotopic (exact) mass is 224 g/mol. The lowest BCUT2D eigenvalue weighted by Gasteiger charge is -2.00. The van der Waals surface area contributed by atoms with Gasteiger partial charge in [0, 0.05) is 4.47 Å². The van der Waals surface area contributed by atoms with Crippen LogP contribution in [0.4, 0.5) is 0 Å². The van der Waals surface area contributed by atoms with Crippen molar-refractivity contribution in [1.29, 1.82) is 0 Å². The molecule has 0 aromatic heterocycles. The van der Waals surface area contributed by atoms with Crippen molar-refractivity contribution in [2.45, 2.75) is 20.8 Å². The van der Waals surface area contributed by atoms with E-state index in [9.17, 15) is 0 Å². The van der Waals surface area contributed by atoms with E-state index in [2.05, 4.69) is 61.0 Å². The molecular weight excluding hydrogens is 212 g/mol. The number of benzene rings is 1. The van der Waals surface area contributed by atoms with Gasteiger partial charge in [-0.3, -0.25) is 0 Å². The third-order valence-corrected chi connectivity index (χ3v) is 2.32. The first-order chi connectivity index (χ1) is 5.59. The molecule has 0 spiro atoms. The average molecular weight is 225 g/mol. The van der Waals surface area contributed by atoms with Crippen LogP contribution in [0.25, 0.3) is 6.08 Å². The van der Waals surface area contributed by atoms with E-state index in [-0.39, 0.29) is 0 Å². The van der Waals surface area contributed by atoms with Gasteiger partial charge in [0.25, 0.3) is 0 Å². The smallest absolute Gasteiger partial charge is 0.0247 e. The fraction of sp³-hybridized carbons (Fsp3) is 0.273. The maximum atomic E-state index is 3.51. The summed E-state index contributed by atoms with van der Waals surface area (Å²) in [6.45, 7) is 6.32. The Morgan fingerprint density at radius 2 is 2.00 bits per heavy atom. The van der Waals surface area contributed by atoms with Gasteiger partial charge in [0.1, 0.15) is 0 Å². The maximum Gasteiger partial charge on any atom is 0.0247 e. The molecule has 12 heavy (non-hydrogen) atoms. The van der Waals surface area contributed by atoms with Crippen molar-refractivity contribution in [1.82, 2.24) is 0 Å². The van der Waals surface area contributed by atoms with E-state index < -0.39 is 0 Å². The van der Waals surface area contributed by atoms with E-state index in [1.54, 1.807) is 0 Å². The summed E-state index contributed by atoms with van der Waals surface area (Å²) >= 11 is 3.51. The lowest BCUT2D eigenvalue weighted by Crippen LogP contribution is -1.79. The molecule has 0 unspecified atom stereocenters. The third-order valence-electron chi connectivity index (χ3n) is 1.60. The van der Waals surface area contributed by atoms with Gasteiger partial charge in [-0.05, 0) is 32.4 Å². The van der Waals surface area contributed by atoms with E-state index in [1.807, 2.05) is 0 Å². The van der Waals surface area contributed by atoms with Crippen LogP contribution in [-0.2, 0) is 0 Å². The van der Waals surface area contributed by atoms with Crippen molar-refractivity contribution >= 4 is 22.0 Å². The van der Waals surface area contributed by atoms with Crippen LogP contribution in [-0.4, -0.2) is 0 Å². The van der Waals surface area contributed by atoms with Crippen LogP contribution in [0.2, 0.25) is 0 Å². The molecule has 64 valence electrons. The zero-order valence-electron chi connectivity index (χ0n) is 7.69. The molecule has 0 saturated heterocycles. The van der Waals surface area contributed by atoms with E-state index in [1.165, 1.54) is 16.7 Å². The van der Waals surface area contributed by atoms with Crippen LogP contribution in [0, 0.1) is 6.92 Å².